The highest BCUT2D eigenvalue weighted by Gasteiger charge is 2.47. The zero-order valence-electron chi connectivity index (χ0n) is 14.1. The number of hydrogen-bond acceptors (Lipinski definition) is 3. The predicted molar refractivity (Wildman–Crippen MR) is 93.0 cm³/mol. The lowest BCUT2D eigenvalue weighted by Gasteiger charge is -2.37. The van der Waals surface area contributed by atoms with Crippen molar-refractivity contribution in [1.82, 2.24) is 4.31 Å². The van der Waals surface area contributed by atoms with Crippen molar-refractivity contribution in [1.29, 1.82) is 0 Å². The maximum atomic E-state index is 13.2. The van der Waals surface area contributed by atoms with E-state index in [0.29, 0.717) is 17.4 Å². The van der Waals surface area contributed by atoms with Crippen LogP contribution in [0.3, 0.4) is 0 Å². The molecule has 130 valence electrons. The Bertz CT molecular complexity index is 766. The average molecular weight is 347 g/mol. The van der Waals surface area contributed by atoms with E-state index in [2.05, 4.69) is 0 Å². The molecule has 3 aliphatic rings. The lowest BCUT2D eigenvalue weighted by molar-refractivity contribution is 0.219. The molecule has 1 N–H and O–H groups in total. The van der Waals surface area contributed by atoms with Gasteiger partial charge in [-0.05, 0) is 61.8 Å². The van der Waals surface area contributed by atoms with Gasteiger partial charge in [0.15, 0.2) is 0 Å². The molecule has 1 aromatic carbocycles. The smallest absolute Gasteiger partial charge is 0.243 e. The molecule has 3 unspecified atom stereocenters. The third-order valence-electron chi connectivity index (χ3n) is 6.08. The first-order valence-electron chi connectivity index (χ1n) is 8.94. The van der Waals surface area contributed by atoms with E-state index in [1.165, 1.54) is 17.6 Å². The van der Waals surface area contributed by atoms with Crippen LogP contribution in [0.15, 0.2) is 40.3 Å². The minimum Gasteiger partial charge on any atom is -0.396 e. The summed E-state index contributed by atoms with van der Waals surface area (Å²) in [5.74, 6) is 0.676. The molecule has 4 rings (SSSR count). The summed E-state index contributed by atoms with van der Waals surface area (Å²) in [6.07, 6.45) is 5.27. The summed E-state index contributed by atoms with van der Waals surface area (Å²) in [5, 5.41) is 9.74. The second kappa shape index (κ2) is 5.97. The summed E-state index contributed by atoms with van der Waals surface area (Å²) in [4.78, 5) is 0.385. The van der Waals surface area contributed by atoms with Crippen LogP contribution in [0.2, 0.25) is 0 Å². The number of rotatable bonds is 3. The van der Waals surface area contributed by atoms with E-state index < -0.39 is 10.0 Å². The fourth-order valence-electron chi connectivity index (χ4n) is 4.83. The molecule has 0 bridgehead atoms. The van der Waals surface area contributed by atoms with Crippen LogP contribution in [-0.4, -0.2) is 37.0 Å². The topological polar surface area (TPSA) is 57.6 Å². The number of sulfonamides is 1. The number of nitrogens with zero attached hydrogens (tertiary/aromatic N) is 1. The van der Waals surface area contributed by atoms with Gasteiger partial charge in [0, 0.05) is 25.1 Å². The molecular weight excluding hydrogens is 322 g/mol. The Balaban J connectivity index is 1.72. The zero-order chi connectivity index (χ0) is 16.9. The Morgan fingerprint density at radius 1 is 1.12 bits per heavy atom. The largest absolute Gasteiger partial charge is 0.396 e. The molecule has 0 saturated heterocycles. The van der Waals surface area contributed by atoms with Gasteiger partial charge in [0.05, 0.1) is 4.90 Å². The first-order chi connectivity index (χ1) is 11.5. The summed E-state index contributed by atoms with van der Waals surface area (Å²) < 4.78 is 28.2. The number of aliphatic hydroxyl groups is 1. The van der Waals surface area contributed by atoms with Gasteiger partial charge in [0.1, 0.15) is 0 Å². The molecule has 1 fully saturated rings. The van der Waals surface area contributed by atoms with Gasteiger partial charge in [-0.25, -0.2) is 8.42 Å². The highest BCUT2D eigenvalue weighted by Crippen LogP contribution is 2.49. The molecule has 24 heavy (non-hydrogen) atoms. The first-order valence-corrected chi connectivity index (χ1v) is 10.4. The summed E-state index contributed by atoms with van der Waals surface area (Å²) in [7, 11) is -3.49. The molecule has 5 heteroatoms. The molecule has 0 radical (unpaired) electrons. The van der Waals surface area contributed by atoms with E-state index in [0.717, 1.165) is 31.2 Å². The molecular formula is C19H25NO3S. The molecule has 0 aromatic heterocycles. The highest BCUT2D eigenvalue weighted by atomic mass is 32.2. The van der Waals surface area contributed by atoms with Gasteiger partial charge in [-0.3, -0.25) is 0 Å². The third-order valence-corrected chi connectivity index (χ3v) is 7.95. The predicted octanol–water partition coefficient (Wildman–Crippen LogP) is 2.87. The Morgan fingerprint density at radius 3 is 2.58 bits per heavy atom. The fraction of sp³-hybridized carbons (Fsp3) is 0.579. The third kappa shape index (κ3) is 2.45. The van der Waals surface area contributed by atoms with Crippen LogP contribution in [0.4, 0.5) is 0 Å². The van der Waals surface area contributed by atoms with E-state index in [1.807, 2.05) is 19.1 Å². The number of hydrogen-bond donors (Lipinski definition) is 1. The van der Waals surface area contributed by atoms with Crippen molar-refractivity contribution < 1.29 is 13.5 Å². The van der Waals surface area contributed by atoms with E-state index in [4.69, 9.17) is 0 Å². The standard InChI is InChI=1S/C19H25NO3S/c1-13-5-9-16(10-6-13)24(22,23)20-11-17-15(12-21)8-7-14-3-2-4-18(20)19(14)17/h5-6,9-10,14-15,18,21H,2-4,7-8,11-12H2,1H3. The van der Waals surface area contributed by atoms with Crippen molar-refractivity contribution in [2.24, 2.45) is 11.8 Å². The first kappa shape index (κ1) is 16.3. The minimum absolute atomic E-state index is 0.0133. The lowest BCUT2D eigenvalue weighted by Crippen LogP contribution is -2.40. The van der Waals surface area contributed by atoms with E-state index in [-0.39, 0.29) is 18.6 Å². The van der Waals surface area contributed by atoms with E-state index in [1.54, 1.807) is 16.4 Å². The summed E-state index contributed by atoms with van der Waals surface area (Å²) in [6, 6.07) is 7.16. The normalized spacial score (nSPS) is 30.5. The van der Waals surface area contributed by atoms with Gasteiger partial charge < -0.3 is 5.11 Å². The van der Waals surface area contributed by atoms with Crippen molar-refractivity contribution in [2.75, 3.05) is 13.2 Å². The number of aliphatic hydroxyl groups excluding tert-OH is 1. The van der Waals surface area contributed by atoms with Gasteiger partial charge in [0.25, 0.3) is 0 Å². The van der Waals surface area contributed by atoms with Crippen molar-refractivity contribution in [3.63, 3.8) is 0 Å². The van der Waals surface area contributed by atoms with Crippen LogP contribution < -0.4 is 0 Å². The maximum Gasteiger partial charge on any atom is 0.243 e. The Kier molecular flexibility index (Phi) is 4.06. The molecule has 1 aromatic rings. The van der Waals surface area contributed by atoms with Gasteiger partial charge in [-0.1, -0.05) is 24.1 Å². The van der Waals surface area contributed by atoms with E-state index >= 15 is 0 Å². The lowest BCUT2D eigenvalue weighted by atomic mass is 9.71. The minimum atomic E-state index is -3.49. The zero-order valence-corrected chi connectivity index (χ0v) is 14.9. The van der Waals surface area contributed by atoms with Crippen molar-refractivity contribution in [3.8, 4) is 0 Å². The Morgan fingerprint density at radius 2 is 1.88 bits per heavy atom. The van der Waals surface area contributed by atoms with Gasteiger partial charge in [-0.15, -0.1) is 0 Å². The highest BCUT2D eigenvalue weighted by molar-refractivity contribution is 7.89. The monoisotopic (exact) mass is 347 g/mol. The second-order valence-corrected chi connectivity index (χ2v) is 9.33. The fourth-order valence-corrected chi connectivity index (χ4v) is 6.44. The average Bonchev–Trinajstić information content (AvgIpc) is 2.98. The van der Waals surface area contributed by atoms with Crippen LogP contribution in [0.1, 0.15) is 37.7 Å². The molecule has 1 saturated carbocycles. The Labute approximate surface area is 144 Å². The van der Waals surface area contributed by atoms with E-state index in [9.17, 15) is 13.5 Å². The molecule has 4 nitrogen and oxygen atoms in total. The maximum absolute atomic E-state index is 13.2. The van der Waals surface area contributed by atoms with Crippen molar-refractivity contribution in [2.45, 2.75) is 50.0 Å². The molecule has 0 spiro atoms. The Hall–Kier alpha value is -1.17. The molecule has 3 atom stereocenters. The van der Waals surface area contributed by atoms with Gasteiger partial charge in [-0.2, -0.15) is 4.31 Å². The quantitative estimate of drug-likeness (QED) is 0.856. The van der Waals surface area contributed by atoms with Crippen LogP contribution >= 0.6 is 0 Å². The van der Waals surface area contributed by atoms with Crippen LogP contribution in [0.25, 0.3) is 0 Å². The number of aryl methyl sites for hydroxylation is 1. The van der Waals surface area contributed by atoms with Gasteiger partial charge in [0.2, 0.25) is 10.0 Å². The molecule has 1 heterocycles. The second-order valence-electron chi connectivity index (χ2n) is 7.44. The summed E-state index contributed by atoms with van der Waals surface area (Å²) >= 11 is 0. The van der Waals surface area contributed by atoms with Gasteiger partial charge >= 0.3 is 0 Å². The molecule has 1 aliphatic heterocycles. The van der Waals surface area contributed by atoms with Crippen LogP contribution in [-0.2, 0) is 10.0 Å². The summed E-state index contributed by atoms with van der Waals surface area (Å²) in [6.45, 7) is 2.57. The number of benzene rings is 1. The molecule has 2 aliphatic carbocycles. The van der Waals surface area contributed by atoms with Crippen LogP contribution in [0, 0.1) is 18.8 Å². The molecule has 0 amide bonds. The van der Waals surface area contributed by atoms with Crippen molar-refractivity contribution >= 4 is 10.0 Å². The SMILES string of the molecule is Cc1ccc(S(=O)(=O)N2CC3=C4C(CCCC42)CCC3CO)cc1. The summed E-state index contributed by atoms with van der Waals surface area (Å²) in [5.41, 5.74) is 3.63. The van der Waals surface area contributed by atoms with Crippen LogP contribution in [0.5, 0.6) is 0 Å². The van der Waals surface area contributed by atoms with Crippen molar-refractivity contribution in [3.05, 3.63) is 41.0 Å².